The monoisotopic (exact) mass is 146 g/mol. The Balaban J connectivity index is 3.56. The van der Waals surface area contributed by atoms with Crippen LogP contribution in [0.2, 0.25) is 0 Å². The first-order valence-electron chi connectivity index (χ1n) is 3.81. The highest BCUT2D eigenvalue weighted by molar-refractivity contribution is 4.63. The largest absolute Gasteiger partial charge is 0.395 e. The molecule has 0 aromatic heterocycles. The maximum absolute atomic E-state index is 8.78. The highest BCUT2D eigenvalue weighted by Gasteiger charge is 2.08. The molecule has 0 radical (unpaired) electrons. The minimum absolute atomic E-state index is 0.216. The zero-order valence-electron chi connectivity index (χ0n) is 6.88. The van der Waals surface area contributed by atoms with Gasteiger partial charge in [0.15, 0.2) is 0 Å². The molecule has 1 unspecified atom stereocenters. The smallest absolute Gasteiger partial charge is 0.0584 e. The average Bonchev–Trinajstić information content (AvgIpc) is 1.99. The van der Waals surface area contributed by atoms with Crippen molar-refractivity contribution in [1.29, 1.82) is 0 Å². The highest BCUT2D eigenvalue weighted by atomic mass is 16.3. The van der Waals surface area contributed by atoms with E-state index in [4.69, 9.17) is 10.8 Å². The van der Waals surface area contributed by atoms with Crippen LogP contribution in [0.25, 0.3) is 0 Å². The maximum atomic E-state index is 8.78. The van der Waals surface area contributed by atoms with Crippen molar-refractivity contribution in [2.75, 3.05) is 26.2 Å². The van der Waals surface area contributed by atoms with Crippen molar-refractivity contribution >= 4 is 0 Å². The van der Waals surface area contributed by atoms with E-state index in [1.807, 2.05) is 6.92 Å². The van der Waals surface area contributed by atoms with Crippen molar-refractivity contribution in [3.63, 3.8) is 0 Å². The number of aliphatic hydroxyl groups excluding tert-OH is 1. The number of nitrogens with zero attached hydrogens (tertiary/aromatic N) is 1. The van der Waals surface area contributed by atoms with E-state index in [9.17, 15) is 0 Å². The van der Waals surface area contributed by atoms with Crippen LogP contribution in [0.3, 0.4) is 0 Å². The predicted octanol–water partition coefficient (Wildman–Crippen LogP) is -0.352. The SMILES string of the molecule is CCN(CCN)C(C)CO. The molecule has 0 amide bonds. The van der Waals surface area contributed by atoms with Gasteiger partial charge in [-0.15, -0.1) is 0 Å². The van der Waals surface area contributed by atoms with Crippen LogP contribution in [0.15, 0.2) is 0 Å². The zero-order chi connectivity index (χ0) is 7.98. The lowest BCUT2D eigenvalue weighted by atomic mass is 10.3. The summed E-state index contributed by atoms with van der Waals surface area (Å²) in [4.78, 5) is 2.15. The fourth-order valence-electron chi connectivity index (χ4n) is 0.971. The first-order valence-corrected chi connectivity index (χ1v) is 3.81. The van der Waals surface area contributed by atoms with Gasteiger partial charge in [0.05, 0.1) is 6.61 Å². The zero-order valence-corrected chi connectivity index (χ0v) is 6.88. The van der Waals surface area contributed by atoms with Crippen LogP contribution in [0.1, 0.15) is 13.8 Å². The maximum Gasteiger partial charge on any atom is 0.0584 e. The van der Waals surface area contributed by atoms with Crippen LogP contribution in [-0.2, 0) is 0 Å². The van der Waals surface area contributed by atoms with Gasteiger partial charge in [-0.3, -0.25) is 4.90 Å². The number of aliphatic hydroxyl groups is 1. The molecule has 0 fully saturated rings. The summed E-state index contributed by atoms with van der Waals surface area (Å²) in [5.41, 5.74) is 5.37. The molecule has 0 rings (SSSR count). The summed E-state index contributed by atoms with van der Waals surface area (Å²) in [5, 5.41) is 8.78. The minimum atomic E-state index is 0.216. The van der Waals surface area contributed by atoms with Gasteiger partial charge in [-0.25, -0.2) is 0 Å². The second-order valence-corrected chi connectivity index (χ2v) is 2.45. The van der Waals surface area contributed by atoms with Crippen molar-refractivity contribution in [3.05, 3.63) is 0 Å². The third-order valence-corrected chi connectivity index (χ3v) is 1.71. The minimum Gasteiger partial charge on any atom is -0.395 e. The van der Waals surface area contributed by atoms with Crippen molar-refractivity contribution in [2.45, 2.75) is 19.9 Å². The summed E-state index contributed by atoms with van der Waals surface area (Å²) >= 11 is 0. The van der Waals surface area contributed by atoms with Crippen molar-refractivity contribution in [3.8, 4) is 0 Å². The van der Waals surface area contributed by atoms with Gasteiger partial charge in [0.2, 0.25) is 0 Å². The topological polar surface area (TPSA) is 49.5 Å². The number of hydrogen-bond donors (Lipinski definition) is 2. The molecule has 0 saturated carbocycles. The molecule has 0 spiro atoms. The Labute approximate surface area is 62.8 Å². The fraction of sp³-hybridized carbons (Fsp3) is 1.00. The van der Waals surface area contributed by atoms with Gasteiger partial charge in [-0.2, -0.15) is 0 Å². The van der Waals surface area contributed by atoms with E-state index < -0.39 is 0 Å². The van der Waals surface area contributed by atoms with E-state index in [0.29, 0.717) is 6.54 Å². The summed E-state index contributed by atoms with van der Waals surface area (Å²) in [6, 6.07) is 0.244. The quantitative estimate of drug-likeness (QED) is 0.557. The molecule has 1 atom stereocenters. The highest BCUT2D eigenvalue weighted by Crippen LogP contribution is 1.95. The summed E-state index contributed by atoms with van der Waals surface area (Å²) in [5.74, 6) is 0. The van der Waals surface area contributed by atoms with E-state index in [2.05, 4.69) is 11.8 Å². The lowest BCUT2D eigenvalue weighted by Crippen LogP contribution is -2.38. The molecular weight excluding hydrogens is 128 g/mol. The molecule has 0 aliphatic heterocycles. The Morgan fingerprint density at radius 1 is 1.60 bits per heavy atom. The van der Waals surface area contributed by atoms with Crippen LogP contribution >= 0.6 is 0 Å². The van der Waals surface area contributed by atoms with Crippen LogP contribution < -0.4 is 5.73 Å². The summed E-state index contributed by atoms with van der Waals surface area (Å²) in [6.07, 6.45) is 0. The van der Waals surface area contributed by atoms with Gasteiger partial charge < -0.3 is 10.8 Å². The number of rotatable bonds is 5. The molecule has 0 aromatic rings. The lowest BCUT2D eigenvalue weighted by Gasteiger charge is -2.25. The standard InChI is InChI=1S/C7H18N2O/c1-3-9(5-4-8)7(2)6-10/h7,10H,3-6,8H2,1-2H3. The van der Waals surface area contributed by atoms with E-state index in [-0.39, 0.29) is 12.6 Å². The number of hydrogen-bond acceptors (Lipinski definition) is 3. The number of likely N-dealkylation sites (N-methyl/N-ethyl adjacent to an activating group) is 1. The van der Waals surface area contributed by atoms with Gasteiger partial charge in [-0.05, 0) is 13.5 Å². The fourth-order valence-corrected chi connectivity index (χ4v) is 0.971. The molecule has 0 saturated heterocycles. The van der Waals surface area contributed by atoms with Gasteiger partial charge in [0.25, 0.3) is 0 Å². The molecule has 0 aromatic carbocycles. The Morgan fingerprint density at radius 2 is 2.20 bits per heavy atom. The van der Waals surface area contributed by atoms with Gasteiger partial charge >= 0.3 is 0 Å². The van der Waals surface area contributed by atoms with Crippen LogP contribution in [0.4, 0.5) is 0 Å². The second-order valence-electron chi connectivity index (χ2n) is 2.45. The summed E-state index contributed by atoms with van der Waals surface area (Å²) in [7, 11) is 0. The third kappa shape index (κ3) is 3.15. The first-order chi connectivity index (χ1) is 4.76. The molecule has 0 bridgehead atoms. The van der Waals surface area contributed by atoms with Crippen molar-refractivity contribution in [1.82, 2.24) is 4.90 Å². The lowest BCUT2D eigenvalue weighted by molar-refractivity contribution is 0.143. The second kappa shape index (κ2) is 5.65. The van der Waals surface area contributed by atoms with E-state index in [1.54, 1.807) is 0 Å². The molecule has 3 N–H and O–H groups in total. The molecule has 0 aliphatic carbocycles. The average molecular weight is 146 g/mol. The van der Waals surface area contributed by atoms with Crippen LogP contribution in [0, 0.1) is 0 Å². The van der Waals surface area contributed by atoms with Crippen molar-refractivity contribution < 1.29 is 5.11 Å². The molecular formula is C7H18N2O. The van der Waals surface area contributed by atoms with Gasteiger partial charge in [0.1, 0.15) is 0 Å². The Kier molecular flexibility index (Phi) is 5.58. The normalized spacial score (nSPS) is 14.1. The molecule has 62 valence electrons. The Hall–Kier alpha value is -0.120. The van der Waals surface area contributed by atoms with E-state index in [0.717, 1.165) is 13.1 Å². The summed E-state index contributed by atoms with van der Waals surface area (Å²) in [6.45, 7) is 6.78. The van der Waals surface area contributed by atoms with Gasteiger partial charge in [0, 0.05) is 19.1 Å². The molecule has 3 nitrogen and oxygen atoms in total. The van der Waals surface area contributed by atoms with Gasteiger partial charge in [-0.1, -0.05) is 6.92 Å². The molecule has 0 aliphatic rings. The summed E-state index contributed by atoms with van der Waals surface area (Å²) < 4.78 is 0. The van der Waals surface area contributed by atoms with E-state index >= 15 is 0 Å². The third-order valence-electron chi connectivity index (χ3n) is 1.71. The predicted molar refractivity (Wildman–Crippen MR) is 42.8 cm³/mol. The number of nitrogens with two attached hydrogens (primary N) is 1. The van der Waals surface area contributed by atoms with E-state index in [1.165, 1.54) is 0 Å². The van der Waals surface area contributed by atoms with Crippen molar-refractivity contribution in [2.24, 2.45) is 5.73 Å². The Bertz CT molecular complexity index is 78.0. The van der Waals surface area contributed by atoms with Crippen LogP contribution in [-0.4, -0.2) is 42.3 Å². The molecule has 10 heavy (non-hydrogen) atoms. The van der Waals surface area contributed by atoms with Crippen LogP contribution in [0.5, 0.6) is 0 Å². The first kappa shape index (κ1) is 9.88. The molecule has 3 heteroatoms. The Morgan fingerprint density at radius 3 is 2.50 bits per heavy atom. The molecule has 0 heterocycles.